The van der Waals surface area contributed by atoms with Crippen LogP contribution in [-0.2, 0) is 18.6 Å². The lowest BCUT2D eigenvalue weighted by Gasteiger charge is -2.11. The smallest absolute Gasteiger partial charge is 0.251 e. The fraction of sp³-hybridized carbons (Fsp3) is 0.400. The highest BCUT2D eigenvalue weighted by Crippen LogP contribution is 2.40. The molecule has 1 aliphatic carbocycles. The van der Waals surface area contributed by atoms with Crippen molar-refractivity contribution in [3.8, 4) is 11.5 Å². The highest BCUT2D eigenvalue weighted by atomic mass is 32.2. The maximum Gasteiger partial charge on any atom is 0.251 e. The average Bonchev–Trinajstić information content (AvgIpc) is 3.35. The zero-order valence-corrected chi connectivity index (χ0v) is 17.7. The summed E-state index contributed by atoms with van der Waals surface area (Å²) >= 11 is 3.48. The number of aromatic nitrogens is 4. The van der Waals surface area contributed by atoms with Gasteiger partial charge in [0.25, 0.3) is 5.89 Å². The first-order chi connectivity index (χ1) is 13.6. The van der Waals surface area contributed by atoms with E-state index in [-0.39, 0.29) is 0 Å². The lowest BCUT2D eigenvalue weighted by molar-refractivity contribution is 0.499. The van der Waals surface area contributed by atoms with Gasteiger partial charge in [0, 0.05) is 10.3 Å². The Hall–Kier alpha value is -2.19. The Morgan fingerprint density at radius 3 is 2.75 bits per heavy atom. The number of nitrogens with zero attached hydrogens (tertiary/aromatic N) is 4. The summed E-state index contributed by atoms with van der Waals surface area (Å²) in [7, 11) is 0. The van der Waals surface area contributed by atoms with E-state index in [0.29, 0.717) is 17.5 Å². The van der Waals surface area contributed by atoms with Gasteiger partial charge in [0.05, 0.1) is 11.3 Å². The SMILES string of the molecule is Cc1nc(SCc2nnc(-c3cc(C)oc3C)o2)c2c3c(sc2n1)CCCC3. The number of hydrogen-bond acceptors (Lipinski definition) is 8. The lowest BCUT2D eigenvalue weighted by Crippen LogP contribution is -1.99. The number of fused-ring (bicyclic) bond motifs is 3. The van der Waals surface area contributed by atoms with Crippen LogP contribution in [0.4, 0.5) is 0 Å². The van der Waals surface area contributed by atoms with Crippen molar-refractivity contribution in [1.29, 1.82) is 0 Å². The summed E-state index contributed by atoms with van der Waals surface area (Å²) in [4.78, 5) is 12.0. The quantitative estimate of drug-likeness (QED) is 0.327. The number of thioether (sulfide) groups is 1. The Morgan fingerprint density at radius 1 is 1.07 bits per heavy atom. The predicted molar refractivity (Wildman–Crippen MR) is 110 cm³/mol. The number of rotatable bonds is 4. The third kappa shape index (κ3) is 3.14. The van der Waals surface area contributed by atoms with Gasteiger partial charge in [-0.25, -0.2) is 9.97 Å². The normalized spacial score (nSPS) is 14.0. The molecule has 144 valence electrons. The standard InChI is InChI=1S/C20H20N4O2S2/c1-10-8-14(11(2)25-10)18-24-23-16(26-18)9-27-19-17-13-6-4-5-7-15(13)28-20(17)22-12(3)21-19/h8H,4-7,9H2,1-3H3. The third-order valence-corrected chi connectivity index (χ3v) is 7.11. The Kier molecular flexibility index (Phi) is 4.47. The van der Waals surface area contributed by atoms with E-state index in [4.69, 9.17) is 13.8 Å². The van der Waals surface area contributed by atoms with Crippen molar-refractivity contribution < 1.29 is 8.83 Å². The number of aryl methyl sites for hydroxylation is 5. The molecule has 0 radical (unpaired) electrons. The van der Waals surface area contributed by atoms with Crippen molar-refractivity contribution >= 4 is 33.3 Å². The Bertz CT molecular complexity index is 1170. The van der Waals surface area contributed by atoms with Crippen molar-refractivity contribution in [2.75, 3.05) is 0 Å². The van der Waals surface area contributed by atoms with E-state index in [0.717, 1.165) is 45.6 Å². The van der Waals surface area contributed by atoms with Crippen LogP contribution in [0, 0.1) is 20.8 Å². The molecule has 0 atom stereocenters. The van der Waals surface area contributed by atoms with Gasteiger partial charge in [-0.3, -0.25) is 0 Å². The van der Waals surface area contributed by atoms with Crippen LogP contribution in [0.1, 0.15) is 46.5 Å². The Labute approximate surface area is 170 Å². The van der Waals surface area contributed by atoms with Crippen LogP contribution in [0.25, 0.3) is 21.7 Å². The van der Waals surface area contributed by atoms with Crippen molar-refractivity contribution in [1.82, 2.24) is 20.2 Å². The molecular weight excluding hydrogens is 392 g/mol. The molecule has 5 rings (SSSR count). The van der Waals surface area contributed by atoms with Gasteiger partial charge >= 0.3 is 0 Å². The fourth-order valence-electron chi connectivity index (χ4n) is 3.72. The van der Waals surface area contributed by atoms with Crippen LogP contribution in [0.15, 0.2) is 19.9 Å². The van der Waals surface area contributed by atoms with Crippen LogP contribution in [0.5, 0.6) is 0 Å². The van der Waals surface area contributed by atoms with Gasteiger partial charge in [-0.2, -0.15) is 0 Å². The minimum Gasteiger partial charge on any atom is -0.466 e. The monoisotopic (exact) mass is 412 g/mol. The molecule has 4 aromatic heterocycles. The van der Waals surface area contributed by atoms with Gasteiger partial charge in [-0.1, -0.05) is 11.8 Å². The maximum atomic E-state index is 5.88. The van der Waals surface area contributed by atoms with Gasteiger partial charge in [-0.15, -0.1) is 21.5 Å². The van der Waals surface area contributed by atoms with Gasteiger partial charge < -0.3 is 8.83 Å². The molecule has 0 saturated heterocycles. The highest BCUT2D eigenvalue weighted by molar-refractivity contribution is 7.98. The van der Waals surface area contributed by atoms with E-state index in [9.17, 15) is 0 Å². The van der Waals surface area contributed by atoms with Crippen molar-refractivity contribution in [3.05, 3.63) is 39.7 Å². The zero-order chi connectivity index (χ0) is 19.3. The molecule has 0 aromatic carbocycles. The molecular formula is C20H20N4O2S2. The lowest BCUT2D eigenvalue weighted by atomic mass is 9.97. The topological polar surface area (TPSA) is 77.8 Å². The second kappa shape index (κ2) is 7.00. The van der Waals surface area contributed by atoms with Gasteiger partial charge in [-0.05, 0) is 58.1 Å². The average molecular weight is 413 g/mol. The molecule has 0 saturated carbocycles. The molecule has 0 fully saturated rings. The van der Waals surface area contributed by atoms with Gasteiger partial charge in [0.1, 0.15) is 27.2 Å². The van der Waals surface area contributed by atoms with Crippen LogP contribution < -0.4 is 0 Å². The van der Waals surface area contributed by atoms with Crippen LogP contribution in [-0.4, -0.2) is 20.2 Å². The molecule has 28 heavy (non-hydrogen) atoms. The number of thiophene rings is 1. The molecule has 0 spiro atoms. The summed E-state index contributed by atoms with van der Waals surface area (Å²) in [5.74, 6) is 4.11. The summed E-state index contributed by atoms with van der Waals surface area (Å²) in [5, 5.41) is 10.7. The second-order valence-corrected chi connectivity index (χ2v) is 9.13. The highest BCUT2D eigenvalue weighted by Gasteiger charge is 2.21. The number of hydrogen-bond donors (Lipinski definition) is 0. The van der Waals surface area contributed by atoms with Crippen LogP contribution in [0.2, 0.25) is 0 Å². The predicted octanol–water partition coefficient (Wildman–Crippen LogP) is 5.43. The summed E-state index contributed by atoms with van der Waals surface area (Å²) in [5.41, 5.74) is 2.30. The molecule has 1 aliphatic rings. The molecule has 0 N–H and O–H groups in total. The van der Waals surface area contributed by atoms with Gasteiger partial charge in [0.15, 0.2) is 0 Å². The van der Waals surface area contributed by atoms with E-state index >= 15 is 0 Å². The minimum absolute atomic E-state index is 0.502. The first kappa shape index (κ1) is 17.9. The molecule has 0 bridgehead atoms. The fourth-order valence-corrected chi connectivity index (χ4v) is 6.03. The molecule has 4 aromatic rings. The summed E-state index contributed by atoms with van der Waals surface area (Å²) < 4.78 is 11.4. The molecule has 0 unspecified atom stereocenters. The largest absolute Gasteiger partial charge is 0.466 e. The van der Waals surface area contributed by atoms with Gasteiger partial charge in [0.2, 0.25) is 5.89 Å². The molecule has 0 amide bonds. The van der Waals surface area contributed by atoms with Crippen LogP contribution >= 0.6 is 23.1 Å². The van der Waals surface area contributed by atoms with Crippen LogP contribution in [0.3, 0.4) is 0 Å². The van der Waals surface area contributed by atoms with Crippen molar-refractivity contribution in [2.24, 2.45) is 0 Å². The van der Waals surface area contributed by atoms with E-state index in [2.05, 4.69) is 15.2 Å². The first-order valence-corrected chi connectivity index (χ1v) is 11.2. The summed E-state index contributed by atoms with van der Waals surface area (Å²) in [6.07, 6.45) is 4.80. The molecule has 4 heterocycles. The molecule has 8 heteroatoms. The first-order valence-electron chi connectivity index (χ1n) is 9.40. The third-order valence-electron chi connectivity index (χ3n) is 4.96. The summed E-state index contributed by atoms with van der Waals surface area (Å²) in [6.45, 7) is 5.77. The number of furan rings is 1. The van der Waals surface area contributed by atoms with E-state index < -0.39 is 0 Å². The minimum atomic E-state index is 0.502. The van der Waals surface area contributed by atoms with E-state index in [1.165, 1.54) is 28.7 Å². The zero-order valence-electron chi connectivity index (χ0n) is 16.0. The second-order valence-electron chi connectivity index (χ2n) is 7.08. The van der Waals surface area contributed by atoms with Crippen molar-refractivity contribution in [3.63, 3.8) is 0 Å². The Morgan fingerprint density at radius 2 is 1.93 bits per heavy atom. The molecule has 6 nitrogen and oxygen atoms in total. The molecule has 0 aliphatic heterocycles. The maximum absolute atomic E-state index is 5.88. The summed E-state index contributed by atoms with van der Waals surface area (Å²) in [6, 6.07) is 1.93. The Balaban J connectivity index is 1.43. The van der Waals surface area contributed by atoms with E-state index in [1.54, 1.807) is 11.8 Å². The van der Waals surface area contributed by atoms with Crippen molar-refractivity contribution in [2.45, 2.75) is 57.2 Å². The van der Waals surface area contributed by atoms with E-state index in [1.807, 2.05) is 38.2 Å².